The van der Waals surface area contributed by atoms with Crippen molar-refractivity contribution >= 4 is 11.6 Å². The first-order chi connectivity index (χ1) is 28.8. The highest BCUT2D eigenvalue weighted by molar-refractivity contribution is 6.01. The van der Waals surface area contributed by atoms with E-state index in [1.54, 1.807) is 32.4 Å². The number of hydrogen-bond acceptors (Lipinski definition) is 12. The van der Waals surface area contributed by atoms with E-state index in [9.17, 15) is 25.2 Å². The van der Waals surface area contributed by atoms with Crippen LogP contribution in [0.5, 0.6) is 23.0 Å². The van der Waals surface area contributed by atoms with Crippen LogP contribution < -0.4 is 29.6 Å². The molecule has 1 amide bonds. The van der Waals surface area contributed by atoms with Crippen LogP contribution in [0.15, 0.2) is 71.3 Å². The van der Waals surface area contributed by atoms with Gasteiger partial charge in [0.15, 0.2) is 17.3 Å². The molecular weight excluding hydrogens is 755 g/mol. The molecule has 314 valence electrons. The smallest absolute Gasteiger partial charge is 0.255 e. The largest absolute Gasteiger partial charge is 0.493 e. The lowest BCUT2D eigenvalue weighted by Crippen LogP contribution is -2.38. The Kier molecular flexibility index (Phi) is 15.2. The van der Waals surface area contributed by atoms with Crippen molar-refractivity contribution in [3.63, 3.8) is 0 Å². The van der Waals surface area contributed by atoms with Gasteiger partial charge >= 0.3 is 0 Å². The number of amides is 1. The summed E-state index contributed by atoms with van der Waals surface area (Å²) < 4.78 is 29.2. The maximum atomic E-state index is 12.7. The molecular formula is C46H55N3O10. The highest BCUT2D eigenvalue weighted by Crippen LogP contribution is 2.42. The molecule has 4 aromatic carbocycles. The second kappa shape index (κ2) is 20.9. The standard InChI is InChI=1S/C46H55N3O10/c1-29-12-14-38-36(18-29)46(54)48-45(47-38)30-13-15-40(35(19-30)27-52)57-16-10-8-6-4-5-7-9-11-17-58-44-42(55-2)22-31(23-43(44)56-3)39-24-41(59-49-39)32-20-33(25-50)37(28-53)34(21-32)26-51/h12-15,18-24,45,47,50-53H,4-11,16-17,25-28H2,1-3H3,(H,48,54). The molecule has 0 radical (unpaired) electrons. The zero-order valence-electron chi connectivity index (χ0n) is 34.0. The van der Waals surface area contributed by atoms with Crippen LogP contribution in [-0.2, 0) is 26.4 Å². The van der Waals surface area contributed by atoms with Crippen LogP contribution in [0.2, 0.25) is 0 Å². The molecule has 0 bridgehead atoms. The summed E-state index contributed by atoms with van der Waals surface area (Å²) in [5.41, 5.74) is 7.31. The predicted molar refractivity (Wildman–Crippen MR) is 224 cm³/mol. The molecule has 59 heavy (non-hydrogen) atoms. The van der Waals surface area contributed by atoms with Gasteiger partial charge in [-0.3, -0.25) is 4.79 Å². The van der Waals surface area contributed by atoms with Crippen molar-refractivity contribution in [2.75, 3.05) is 32.8 Å². The van der Waals surface area contributed by atoms with Crippen molar-refractivity contribution in [3.8, 4) is 45.6 Å². The number of hydrogen-bond donors (Lipinski definition) is 6. The lowest BCUT2D eigenvalue weighted by molar-refractivity contribution is 0.0935. The third kappa shape index (κ3) is 10.5. The second-order valence-corrected chi connectivity index (χ2v) is 14.7. The number of aliphatic hydroxyl groups excluding tert-OH is 4. The van der Waals surface area contributed by atoms with Crippen molar-refractivity contribution in [1.82, 2.24) is 10.5 Å². The predicted octanol–water partition coefficient (Wildman–Crippen LogP) is 7.74. The Balaban J connectivity index is 0.894. The average molecular weight is 810 g/mol. The number of nitrogens with zero attached hydrogens (tertiary/aromatic N) is 1. The second-order valence-electron chi connectivity index (χ2n) is 14.7. The van der Waals surface area contributed by atoms with Gasteiger partial charge in [0.25, 0.3) is 5.91 Å². The summed E-state index contributed by atoms with van der Waals surface area (Å²) in [6.45, 7) is 2.00. The van der Waals surface area contributed by atoms with Gasteiger partial charge in [-0.2, -0.15) is 0 Å². The summed E-state index contributed by atoms with van der Waals surface area (Å²) in [6, 6.07) is 20.2. The lowest BCUT2D eigenvalue weighted by Gasteiger charge is -2.29. The van der Waals surface area contributed by atoms with Gasteiger partial charge in [-0.25, -0.2) is 0 Å². The molecule has 0 spiro atoms. The van der Waals surface area contributed by atoms with Crippen molar-refractivity contribution in [3.05, 3.63) is 106 Å². The molecule has 0 fully saturated rings. The monoisotopic (exact) mass is 809 g/mol. The highest BCUT2D eigenvalue weighted by Gasteiger charge is 2.25. The minimum absolute atomic E-state index is 0.127. The molecule has 1 unspecified atom stereocenters. The van der Waals surface area contributed by atoms with E-state index in [1.807, 2.05) is 55.5 Å². The molecule has 1 atom stereocenters. The Morgan fingerprint density at radius 1 is 0.644 bits per heavy atom. The van der Waals surface area contributed by atoms with Gasteiger partial charge in [0.1, 0.15) is 17.6 Å². The van der Waals surface area contributed by atoms with E-state index < -0.39 is 6.17 Å². The normalized spacial score (nSPS) is 13.4. The molecule has 0 saturated carbocycles. The molecule has 13 heteroatoms. The number of methoxy groups -OCH3 is 2. The van der Waals surface area contributed by atoms with Crippen molar-refractivity contribution in [2.45, 2.75) is 90.9 Å². The number of benzene rings is 4. The quantitative estimate of drug-likeness (QED) is 0.0375. The van der Waals surface area contributed by atoms with Gasteiger partial charge in [-0.1, -0.05) is 61.4 Å². The Hall–Kier alpha value is -5.60. The molecule has 1 aliphatic rings. The van der Waals surface area contributed by atoms with Gasteiger partial charge < -0.3 is 54.5 Å². The maximum absolute atomic E-state index is 12.7. The Bertz CT molecular complexity index is 2130. The lowest BCUT2D eigenvalue weighted by atomic mass is 9.97. The molecule has 0 aliphatic carbocycles. The van der Waals surface area contributed by atoms with E-state index in [1.165, 1.54) is 0 Å². The average Bonchev–Trinajstić information content (AvgIpc) is 3.77. The molecule has 0 saturated heterocycles. The fraction of sp³-hybridized carbons (Fsp3) is 0.391. The van der Waals surface area contributed by atoms with Gasteiger partial charge in [-0.15, -0.1) is 0 Å². The summed E-state index contributed by atoms with van der Waals surface area (Å²) in [5, 5.41) is 50.0. The molecule has 5 aromatic rings. The molecule has 1 aromatic heterocycles. The number of rotatable bonds is 22. The summed E-state index contributed by atoms with van der Waals surface area (Å²) in [7, 11) is 3.15. The number of aromatic nitrogens is 1. The van der Waals surface area contributed by atoms with Crippen molar-refractivity contribution < 1.29 is 48.7 Å². The fourth-order valence-electron chi connectivity index (χ4n) is 7.35. The SMILES string of the molecule is COc1cc(-c2cc(-c3cc(CO)c(CO)c(CO)c3)on2)cc(OC)c1OCCCCCCCCCCOc1ccc(C2NC(=O)c3cc(C)ccc3N2)cc1CO. The number of aryl methyl sites for hydroxylation is 1. The van der Waals surface area contributed by atoms with Crippen LogP contribution in [0.4, 0.5) is 5.69 Å². The van der Waals surface area contributed by atoms with Crippen molar-refractivity contribution in [2.24, 2.45) is 0 Å². The molecule has 13 nitrogen and oxygen atoms in total. The Morgan fingerprint density at radius 2 is 1.27 bits per heavy atom. The summed E-state index contributed by atoms with van der Waals surface area (Å²) in [4.78, 5) is 12.7. The summed E-state index contributed by atoms with van der Waals surface area (Å²) in [5.74, 6) is 2.49. The fourth-order valence-corrected chi connectivity index (χ4v) is 7.35. The number of unbranched alkanes of at least 4 members (excludes halogenated alkanes) is 7. The summed E-state index contributed by atoms with van der Waals surface area (Å²) >= 11 is 0. The third-order valence-electron chi connectivity index (χ3n) is 10.6. The van der Waals surface area contributed by atoms with E-state index in [4.69, 9.17) is 23.5 Å². The maximum Gasteiger partial charge on any atom is 0.255 e. The Labute approximate surface area is 344 Å². The van der Waals surface area contributed by atoms with Gasteiger partial charge in [-0.05, 0) is 90.6 Å². The topological polar surface area (TPSA) is 185 Å². The molecule has 6 rings (SSSR count). The van der Waals surface area contributed by atoms with Gasteiger partial charge in [0, 0.05) is 28.4 Å². The Morgan fingerprint density at radius 3 is 1.88 bits per heavy atom. The van der Waals surface area contributed by atoms with Gasteiger partial charge in [0.05, 0.1) is 59.4 Å². The number of carbonyl (C=O) groups excluding carboxylic acids is 1. The minimum Gasteiger partial charge on any atom is -0.493 e. The first-order valence-corrected chi connectivity index (χ1v) is 20.2. The van der Waals surface area contributed by atoms with Crippen LogP contribution in [0.3, 0.4) is 0 Å². The van der Waals surface area contributed by atoms with E-state index in [0.29, 0.717) is 86.6 Å². The molecule has 2 heterocycles. The minimum atomic E-state index is -0.395. The number of fused-ring (bicyclic) bond motifs is 1. The third-order valence-corrected chi connectivity index (χ3v) is 10.6. The van der Waals surface area contributed by atoms with Crippen LogP contribution in [-0.4, -0.2) is 58.9 Å². The zero-order chi connectivity index (χ0) is 41.7. The van der Waals surface area contributed by atoms with Crippen molar-refractivity contribution in [1.29, 1.82) is 0 Å². The van der Waals surface area contributed by atoms with E-state index in [0.717, 1.165) is 68.2 Å². The first kappa shape index (κ1) is 43.0. The number of ether oxygens (including phenoxy) is 4. The van der Waals surface area contributed by atoms with E-state index >= 15 is 0 Å². The summed E-state index contributed by atoms with van der Waals surface area (Å²) in [6.07, 6.45) is 8.03. The van der Waals surface area contributed by atoms with Gasteiger partial charge in [0.2, 0.25) is 5.75 Å². The van der Waals surface area contributed by atoms with Crippen LogP contribution in [0.1, 0.15) is 101 Å². The first-order valence-electron chi connectivity index (χ1n) is 20.2. The van der Waals surface area contributed by atoms with Crippen LogP contribution >= 0.6 is 0 Å². The zero-order valence-corrected chi connectivity index (χ0v) is 34.0. The molecule has 6 N–H and O–H groups in total. The van der Waals surface area contributed by atoms with E-state index in [-0.39, 0.29) is 32.3 Å². The number of carbonyl (C=O) groups is 1. The van der Waals surface area contributed by atoms with E-state index in [2.05, 4.69) is 15.8 Å². The number of aliphatic hydroxyl groups is 4. The number of nitrogens with one attached hydrogen (secondary N) is 2. The van der Waals surface area contributed by atoms with Crippen LogP contribution in [0.25, 0.3) is 22.6 Å². The number of anilines is 1. The highest BCUT2D eigenvalue weighted by atomic mass is 16.5. The molecule has 1 aliphatic heterocycles. The van der Waals surface area contributed by atoms with Crippen LogP contribution in [0, 0.1) is 6.92 Å².